The van der Waals surface area contributed by atoms with Crippen LogP contribution in [0.25, 0.3) is 11.0 Å². The lowest BCUT2D eigenvalue weighted by molar-refractivity contribution is -0.192. The van der Waals surface area contributed by atoms with Gasteiger partial charge in [0.1, 0.15) is 16.7 Å². The molecule has 1 aromatic carbocycles. The Hall–Kier alpha value is -3.46. The van der Waals surface area contributed by atoms with E-state index < -0.39 is 12.1 Å². The maximum Gasteiger partial charge on any atom is 0.490 e. The topological polar surface area (TPSA) is 131 Å². The zero-order chi connectivity index (χ0) is 30.7. The summed E-state index contributed by atoms with van der Waals surface area (Å²) in [7, 11) is 0. The number of ketones is 1. The number of aromatic amines is 1. The molecular weight excluding hydrogens is 633 g/mol. The summed E-state index contributed by atoms with van der Waals surface area (Å²) in [6.45, 7) is 9.91. The number of fused-ring (bicyclic) bond motifs is 1. The van der Waals surface area contributed by atoms with Crippen molar-refractivity contribution in [3.63, 3.8) is 0 Å². The Morgan fingerprint density at radius 3 is 2.35 bits per heavy atom. The Labute approximate surface area is 255 Å². The van der Waals surface area contributed by atoms with E-state index in [-0.39, 0.29) is 5.92 Å². The number of carboxylic acids is 1. The number of benzene rings is 1. The molecule has 0 amide bonds. The van der Waals surface area contributed by atoms with Crippen molar-refractivity contribution in [1.29, 1.82) is 0 Å². The van der Waals surface area contributed by atoms with Gasteiger partial charge < -0.3 is 25.1 Å². The highest BCUT2D eigenvalue weighted by Gasteiger charge is 2.38. The van der Waals surface area contributed by atoms with E-state index in [1.54, 1.807) is 6.33 Å². The molecule has 15 heteroatoms. The van der Waals surface area contributed by atoms with Crippen molar-refractivity contribution in [3.8, 4) is 0 Å². The van der Waals surface area contributed by atoms with Crippen LogP contribution in [0.2, 0.25) is 0 Å². The number of anilines is 3. The van der Waals surface area contributed by atoms with Crippen molar-refractivity contribution < 1.29 is 27.9 Å². The van der Waals surface area contributed by atoms with Gasteiger partial charge in [0, 0.05) is 62.1 Å². The third kappa shape index (κ3) is 7.37. The van der Waals surface area contributed by atoms with Crippen LogP contribution in [0.4, 0.5) is 30.4 Å². The summed E-state index contributed by atoms with van der Waals surface area (Å²) in [4.78, 5) is 38.1. The molecular formula is C28H34BrF3N8O3. The number of alkyl halides is 3. The fourth-order valence-corrected chi connectivity index (χ4v) is 5.95. The van der Waals surface area contributed by atoms with Crippen LogP contribution < -0.4 is 15.1 Å². The lowest BCUT2D eigenvalue weighted by Gasteiger charge is -2.38. The van der Waals surface area contributed by atoms with Crippen LogP contribution in [-0.4, -0.2) is 100 Å². The van der Waals surface area contributed by atoms with Crippen molar-refractivity contribution in [1.82, 2.24) is 25.1 Å². The lowest BCUT2D eigenvalue weighted by Crippen LogP contribution is -2.47. The second kappa shape index (κ2) is 13.0. The number of piperazine rings is 1. The van der Waals surface area contributed by atoms with Gasteiger partial charge in [-0.2, -0.15) is 18.3 Å². The summed E-state index contributed by atoms with van der Waals surface area (Å²) in [5.41, 5.74) is 5.07. The third-order valence-electron chi connectivity index (χ3n) is 8.01. The number of rotatable bonds is 8. The maximum atomic E-state index is 13.1. The molecule has 1 saturated carbocycles. The number of hydrogen-bond acceptors (Lipinski definition) is 9. The monoisotopic (exact) mass is 666 g/mol. The van der Waals surface area contributed by atoms with Crippen LogP contribution in [0.1, 0.15) is 41.6 Å². The Balaban J connectivity index is 0.000000472. The van der Waals surface area contributed by atoms with E-state index in [0.29, 0.717) is 5.78 Å². The van der Waals surface area contributed by atoms with Crippen LogP contribution in [0, 0.1) is 12.8 Å². The average Bonchev–Trinajstić information content (AvgIpc) is 3.58. The van der Waals surface area contributed by atoms with Gasteiger partial charge in [-0.25, -0.2) is 14.8 Å². The maximum absolute atomic E-state index is 13.1. The van der Waals surface area contributed by atoms with Gasteiger partial charge in [0.25, 0.3) is 0 Å². The van der Waals surface area contributed by atoms with Crippen LogP contribution >= 0.6 is 15.9 Å². The molecule has 3 N–H and O–H groups in total. The summed E-state index contributed by atoms with van der Waals surface area (Å²) >= 11 is 3.53. The number of carbonyl (C=O) groups is 2. The first kappa shape index (κ1) is 31.0. The van der Waals surface area contributed by atoms with E-state index in [0.717, 1.165) is 84.8 Å². The highest BCUT2D eigenvalue weighted by Crippen LogP contribution is 2.37. The number of H-pyrrole nitrogens is 1. The molecule has 3 aliphatic rings. The minimum Gasteiger partial charge on any atom is -0.475 e. The number of aliphatic carboxylic acids is 1. The quantitative estimate of drug-likeness (QED) is 0.296. The van der Waals surface area contributed by atoms with E-state index in [9.17, 15) is 18.0 Å². The Morgan fingerprint density at radius 1 is 1.07 bits per heavy atom. The minimum absolute atomic E-state index is 0.212. The zero-order valence-electron chi connectivity index (χ0n) is 23.8. The molecule has 0 atom stereocenters. The van der Waals surface area contributed by atoms with Crippen LogP contribution in [0.15, 0.2) is 23.1 Å². The Bertz CT molecular complexity index is 1470. The number of carbonyl (C=O) groups excluding carboxylic acids is 1. The largest absolute Gasteiger partial charge is 0.490 e. The van der Waals surface area contributed by atoms with E-state index in [4.69, 9.17) is 9.90 Å². The molecule has 2 aromatic heterocycles. The van der Waals surface area contributed by atoms with Gasteiger partial charge in [-0.3, -0.25) is 9.89 Å². The number of nitrogens with zero attached hydrogens (tertiary/aromatic N) is 6. The first-order valence-corrected chi connectivity index (χ1v) is 15.1. The molecule has 232 valence electrons. The Morgan fingerprint density at radius 2 is 1.72 bits per heavy atom. The van der Waals surface area contributed by atoms with Crippen LogP contribution in [-0.2, 0) is 4.79 Å². The lowest BCUT2D eigenvalue weighted by atomic mass is 10.0. The number of nitrogens with one attached hydrogen (secondary N) is 2. The molecule has 0 spiro atoms. The molecule has 3 fully saturated rings. The smallest absolute Gasteiger partial charge is 0.475 e. The zero-order valence-corrected chi connectivity index (χ0v) is 25.3. The van der Waals surface area contributed by atoms with Crippen molar-refractivity contribution in [2.45, 2.75) is 38.8 Å². The Kier molecular flexibility index (Phi) is 9.39. The molecule has 6 rings (SSSR count). The molecule has 0 radical (unpaired) electrons. The van der Waals surface area contributed by atoms with Crippen molar-refractivity contribution in [3.05, 3.63) is 34.2 Å². The van der Waals surface area contributed by atoms with Crippen LogP contribution in [0.3, 0.4) is 0 Å². The summed E-state index contributed by atoms with van der Waals surface area (Å²) in [5.74, 6) is -1.35. The number of carboxylic acid groups (broad SMARTS) is 1. The molecule has 3 aromatic rings. The minimum atomic E-state index is -5.08. The second-order valence-corrected chi connectivity index (χ2v) is 11.7. The van der Waals surface area contributed by atoms with E-state index in [1.807, 2.05) is 0 Å². The molecule has 1 aliphatic carbocycles. The highest BCUT2D eigenvalue weighted by atomic mass is 79.9. The van der Waals surface area contributed by atoms with Crippen molar-refractivity contribution in [2.75, 3.05) is 67.5 Å². The van der Waals surface area contributed by atoms with Gasteiger partial charge in [0.05, 0.1) is 5.39 Å². The number of halogens is 4. The molecule has 2 saturated heterocycles. The number of aromatic nitrogens is 4. The third-order valence-corrected chi connectivity index (χ3v) is 8.58. The van der Waals surface area contributed by atoms with Gasteiger partial charge in [0.2, 0.25) is 0 Å². The molecule has 0 unspecified atom stereocenters. The molecule has 0 bridgehead atoms. The predicted molar refractivity (Wildman–Crippen MR) is 160 cm³/mol. The highest BCUT2D eigenvalue weighted by molar-refractivity contribution is 9.10. The molecule has 2 aliphatic heterocycles. The first-order valence-electron chi connectivity index (χ1n) is 14.3. The molecule has 4 heterocycles. The first-order chi connectivity index (χ1) is 20.5. The van der Waals surface area contributed by atoms with Gasteiger partial charge in [-0.15, -0.1) is 0 Å². The average molecular weight is 668 g/mol. The van der Waals surface area contributed by atoms with Crippen molar-refractivity contribution >= 4 is 55.9 Å². The summed E-state index contributed by atoms with van der Waals surface area (Å²) < 4.78 is 32.5. The summed E-state index contributed by atoms with van der Waals surface area (Å²) in [6.07, 6.45) is 1.16. The normalized spacial score (nSPS) is 17.6. The number of hydrogen-bond donors (Lipinski definition) is 3. The number of Topliss-reactive ketones (excluding diaryl/α,β-unsaturated/α-hetero) is 1. The summed E-state index contributed by atoms with van der Waals surface area (Å²) in [6, 6.07) is 4.22. The molecule has 43 heavy (non-hydrogen) atoms. The second-order valence-electron chi connectivity index (χ2n) is 11.0. The van der Waals surface area contributed by atoms with Crippen molar-refractivity contribution in [2.24, 2.45) is 5.92 Å². The van der Waals surface area contributed by atoms with E-state index >= 15 is 0 Å². The standard InChI is InChI=1S/C26H33BrN8O.C2HF3O2/c1-17-20(28-6-9-33-7-2-3-8-33)14-19(23(36)18-4-5-18)15-21(17)34-10-12-35(13-11-34)26-22-24(27)31-32-25(22)29-16-30-26;3-2(4,5)1(6)7/h14-16,18,28H,2-13H2,1H3,(H,29,30,31,32);(H,6,7). The van der Waals surface area contributed by atoms with Gasteiger partial charge in [-0.05, 0) is 79.3 Å². The van der Waals surface area contributed by atoms with Gasteiger partial charge in [-0.1, -0.05) is 0 Å². The predicted octanol–water partition coefficient (Wildman–Crippen LogP) is 4.48. The summed E-state index contributed by atoms with van der Waals surface area (Å²) in [5, 5.41) is 18.9. The van der Waals surface area contributed by atoms with Gasteiger partial charge in [0.15, 0.2) is 11.4 Å². The SMILES string of the molecule is Cc1c(NCCN2CCCC2)cc(C(=O)C2CC2)cc1N1CCN(c2ncnc3[nH]nc(Br)c23)CC1.O=C(O)C(F)(F)F. The van der Waals surface area contributed by atoms with Crippen LogP contribution in [0.5, 0.6) is 0 Å². The number of likely N-dealkylation sites (tertiary alicyclic amines) is 1. The fourth-order valence-electron chi connectivity index (χ4n) is 5.50. The van der Waals surface area contributed by atoms with Gasteiger partial charge >= 0.3 is 12.1 Å². The molecule has 11 nitrogen and oxygen atoms in total. The fraction of sp³-hybridized carbons (Fsp3) is 0.536. The van der Waals surface area contributed by atoms with E-state index in [2.05, 4.69) is 75.2 Å². The van der Waals surface area contributed by atoms with E-state index in [1.165, 1.54) is 37.2 Å².